The summed E-state index contributed by atoms with van der Waals surface area (Å²) in [4.78, 5) is 25.6. The van der Waals surface area contributed by atoms with Gasteiger partial charge >= 0.3 is 12.0 Å². The van der Waals surface area contributed by atoms with Gasteiger partial charge in [0.2, 0.25) is 0 Å². The first-order chi connectivity index (χ1) is 6.68. The van der Waals surface area contributed by atoms with Crippen LogP contribution in [0.2, 0.25) is 0 Å². The predicted octanol–water partition coefficient (Wildman–Crippen LogP) is 1.29. The molecular formula is C9H10N2O3. The number of para-hydroxylation sites is 1. The molecule has 74 valence electrons. The van der Waals surface area contributed by atoms with Crippen LogP contribution in [0.5, 0.6) is 0 Å². The molecule has 1 aromatic rings. The van der Waals surface area contributed by atoms with Crippen LogP contribution in [-0.2, 0) is 9.63 Å². The van der Waals surface area contributed by atoms with E-state index in [-0.39, 0.29) is 0 Å². The number of carbonyl (C=O) groups excluding carboxylic acids is 2. The van der Waals surface area contributed by atoms with E-state index in [9.17, 15) is 9.59 Å². The van der Waals surface area contributed by atoms with Gasteiger partial charge < -0.3 is 10.2 Å². The van der Waals surface area contributed by atoms with Crippen molar-refractivity contribution in [3.63, 3.8) is 0 Å². The number of hydroxylamine groups is 1. The normalized spacial score (nSPS) is 8.93. The Morgan fingerprint density at radius 2 is 1.86 bits per heavy atom. The molecule has 1 rings (SSSR count). The van der Waals surface area contributed by atoms with Crippen molar-refractivity contribution in [3.8, 4) is 0 Å². The topological polar surface area (TPSA) is 67.4 Å². The molecule has 0 aliphatic carbocycles. The van der Waals surface area contributed by atoms with E-state index in [1.807, 2.05) is 11.5 Å². The van der Waals surface area contributed by atoms with Crippen LogP contribution in [0, 0.1) is 0 Å². The molecule has 2 amide bonds. The summed E-state index contributed by atoms with van der Waals surface area (Å²) < 4.78 is 0. The first kappa shape index (κ1) is 10.0. The van der Waals surface area contributed by atoms with Gasteiger partial charge in [0, 0.05) is 12.6 Å². The zero-order chi connectivity index (χ0) is 10.4. The second-order valence-electron chi connectivity index (χ2n) is 2.52. The highest BCUT2D eigenvalue weighted by Gasteiger charge is 2.01. The molecule has 0 heterocycles. The fraction of sp³-hybridized carbons (Fsp3) is 0.111. The third-order valence-corrected chi connectivity index (χ3v) is 1.32. The maximum Gasteiger partial charge on any atom is 0.352 e. The van der Waals surface area contributed by atoms with E-state index in [0.717, 1.165) is 0 Å². The van der Waals surface area contributed by atoms with Crippen molar-refractivity contribution in [3.05, 3.63) is 30.3 Å². The molecule has 0 unspecified atom stereocenters. The first-order valence-corrected chi connectivity index (χ1v) is 3.98. The lowest BCUT2D eigenvalue weighted by molar-refractivity contribution is -0.145. The average molecular weight is 194 g/mol. The van der Waals surface area contributed by atoms with Crippen LogP contribution in [0.1, 0.15) is 6.92 Å². The quantitative estimate of drug-likeness (QED) is 0.662. The van der Waals surface area contributed by atoms with Gasteiger partial charge in [-0.3, -0.25) is 4.79 Å². The second kappa shape index (κ2) is 4.86. The summed E-state index contributed by atoms with van der Waals surface area (Å²) in [5.41, 5.74) is 2.55. The molecule has 1 aromatic carbocycles. The van der Waals surface area contributed by atoms with Gasteiger partial charge in [0.25, 0.3) is 0 Å². The van der Waals surface area contributed by atoms with Crippen molar-refractivity contribution in [2.75, 3.05) is 5.32 Å². The number of benzene rings is 1. The average Bonchev–Trinajstić information content (AvgIpc) is 2.16. The van der Waals surface area contributed by atoms with Crippen molar-refractivity contribution in [1.29, 1.82) is 0 Å². The lowest BCUT2D eigenvalue weighted by atomic mass is 10.3. The first-order valence-electron chi connectivity index (χ1n) is 3.98. The van der Waals surface area contributed by atoms with Gasteiger partial charge in [-0.25, -0.2) is 4.79 Å². The van der Waals surface area contributed by atoms with Crippen LogP contribution >= 0.6 is 0 Å². The van der Waals surface area contributed by atoms with Crippen LogP contribution < -0.4 is 10.8 Å². The third kappa shape index (κ3) is 3.57. The molecule has 0 aliphatic heterocycles. The zero-order valence-electron chi connectivity index (χ0n) is 7.61. The summed E-state index contributed by atoms with van der Waals surface area (Å²) in [6.07, 6.45) is 0. The van der Waals surface area contributed by atoms with Gasteiger partial charge in [-0.15, -0.1) is 0 Å². The number of hydrogen-bond donors (Lipinski definition) is 2. The minimum atomic E-state index is -0.591. The molecule has 0 saturated carbocycles. The summed E-state index contributed by atoms with van der Waals surface area (Å²) in [6, 6.07) is 8.23. The number of anilines is 1. The fourth-order valence-corrected chi connectivity index (χ4v) is 0.796. The molecule has 0 aliphatic rings. The van der Waals surface area contributed by atoms with Crippen molar-refractivity contribution >= 4 is 17.7 Å². The smallest absolute Gasteiger partial charge is 0.340 e. The number of rotatable bonds is 1. The molecule has 0 fully saturated rings. The van der Waals surface area contributed by atoms with Crippen LogP contribution in [0.4, 0.5) is 10.5 Å². The van der Waals surface area contributed by atoms with E-state index in [4.69, 9.17) is 0 Å². The summed E-state index contributed by atoms with van der Waals surface area (Å²) >= 11 is 0. The van der Waals surface area contributed by atoms with Gasteiger partial charge in [0.1, 0.15) is 0 Å². The summed E-state index contributed by atoms with van der Waals surface area (Å²) in [7, 11) is 0. The lowest BCUT2D eigenvalue weighted by Gasteiger charge is -2.05. The van der Waals surface area contributed by atoms with Gasteiger partial charge in [0.15, 0.2) is 0 Å². The Bertz CT molecular complexity index is 324. The van der Waals surface area contributed by atoms with Crippen LogP contribution in [-0.4, -0.2) is 12.0 Å². The number of urea groups is 1. The van der Waals surface area contributed by atoms with Crippen LogP contribution in [0.3, 0.4) is 0 Å². The van der Waals surface area contributed by atoms with Crippen molar-refractivity contribution in [2.45, 2.75) is 6.92 Å². The highest BCUT2D eigenvalue weighted by Crippen LogP contribution is 2.03. The van der Waals surface area contributed by atoms with Gasteiger partial charge in [-0.1, -0.05) is 18.2 Å². The maximum atomic E-state index is 11.0. The predicted molar refractivity (Wildman–Crippen MR) is 50.4 cm³/mol. The third-order valence-electron chi connectivity index (χ3n) is 1.32. The maximum absolute atomic E-state index is 11.0. The highest BCUT2D eigenvalue weighted by atomic mass is 16.7. The van der Waals surface area contributed by atoms with Gasteiger partial charge in [0.05, 0.1) is 0 Å². The van der Waals surface area contributed by atoms with Crippen molar-refractivity contribution in [2.24, 2.45) is 0 Å². The molecule has 2 N–H and O–H groups in total. The molecule has 0 spiro atoms. The molecule has 5 heteroatoms. The molecule has 5 nitrogen and oxygen atoms in total. The molecule has 14 heavy (non-hydrogen) atoms. The Labute approximate surface area is 81.0 Å². The van der Waals surface area contributed by atoms with Crippen LogP contribution in [0.15, 0.2) is 30.3 Å². The summed E-state index contributed by atoms with van der Waals surface area (Å²) in [6.45, 7) is 1.20. The second-order valence-corrected chi connectivity index (χ2v) is 2.52. The standard InChI is InChI=1S/C9H10N2O3/c1-7(12)14-11-9(13)10-8-5-3-2-4-6-8/h2-6H,1H3,(H2,10,11,13). The van der Waals surface area contributed by atoms with E-state index >= 15 is 0 Å². The fourth-order valence-electron chi connectivity index (χ4n) is 0.796. The number of carbonyl (C=O) groups is 2. The largest absolute Gasteiger partial charge is 0.352 e. The number of hydrogen-bond acceptors (Lipinski definition) is 3. The minimum absolute atomic E-state index is 0.576. The Morgan fingerprint density at radius 3 is 2.43 bits per heavy atom. The van der Waals surface area contributed by atoms with E-state index in [1.54, 1.807) is 24.3 Å². The van der Waals surface area contributed by atoms with Gasteiger partial charge in [-0.2, -0.15) is 5.48 Å². The van der Waals surface area contributed by atoms with Crippen LogP contribution in [0.25, 0.3) is 0 Å². The monoisotopic (exact) mass is 194 g/mol. The van der Waals surface area contributed by atoms with Gasteiger partial charge in [-0.05, 0) is 12.1 Å². The van der Waals surface area contributed by atoms with Crippen molar-refractivity contribution < 1.29 is 14.4 Å². The number of nitrogens with one attached hydrogen (secondary N) is 2. The van der Waals surface area contributed by atoms with E-state index in [1.165, 1.54) is 6.92 Å². The highest BCUT2D eigenvalue weighted by molar-refractivity contribution is 5.89. The van der Waals surface area contributed by atoms with E-state index in [2.05, 4.69) is 10.2 Å². The molecule has 0 bridgehead atoms. The molecular weight excluding hydrogens is 184 g/mol. The Kier molecular flexibility index (Phi) is 3.49. The van der Waals surface area contributed by atoms with E-state index in [0.29, 0.717) is 5.69 Å². The molecule has 0 aromatic heterocycles. The molecule has 0 atom stereocenters. The Hall–Kier alpha value is -2.04. The number of amides is 2. The SMILES string of the molecule is CC(=O)ONC(=O)Nc1ccccc1. The molecule has 0 radical (unpaired) electrons. The minimum Gasteiger partial charge on any atom is -0.340 e. The Balaban J connectivity index is 2.38. The van der Waals surface area contributed by atoms with E-state index < -0.39 is 12.0 Å². The summed E-state index contributed by atoms with van der Waals surface area (Å²) in [5, 5.41) is 2.47. The summed E-state index contributed by atoms with van der Waals surface area (Å²) in [5.74, 6) is -0.576. The molecule has 0 saturated heterocycles. The van der Waals surface area contributed by atoms with Crippen molar-refractivity contribution in [1.82, 2.24) is 5.48 Å². The lowest BCUT2D eigenvalue weighted by Crippen LogP contribution is -2.30. The Morgan fingerprint density at radius 1 is 1.21 bits per heavy atom. The zero-order valence-corrected chi connectivity index (χ0v) is 7.61.